The number of non-ortho nitro benzene ring substituents is 1. The summed E-state index contributed by atoms with van der Waals surface area (Å²) in [5.74, 6) is -0.472. The van der Waals surface area contributed by atoms with E-state index in [9.17, 15) is 19.3 Å². The highest BCUT2D eigenvalue weighted by Crippen LogP contribution is 2.29. The number of hydrogen-bond donors (Lipinski definition) is 1. The number of rotatable bonds is 7. The van der Waals surface area contributed by atoms with Crippen LogP contribution in [0.4, 0.5) is 10.1 Å². The summed E-state index contributed by atoms with van der Waals surface area (Å²) in [6.07, 6.45) is -0.274. The van der Waals surface area contributed by atoms with Gasteiger partial charge in [-0.25, -0.2) is 4.39 Å². The summed E-state index contributed by atoms with van der Waals surface area (Å²) >= 11 is 5.93. The minimum atomic E-state index is -0.827. The Balaban J connectivity index is 1.85. The predicted octanol–water partition coefficient (Wildman–Crippen LogP) is 3.51. The molecule has 2 aromatic carbocycles. The zero-order chi connectivity index (χ0) is 18.4. The van der Waals surface area contributed by atoms with Gasteiger partial charge in [-0.1, -0.05) is 23.7 Å². The van der Waals surface area contributed by atoms with Crippen molar-refractivity contribution in [3.63, 3.8) is 0 Å². The molecule has 0 spiro atoms. The van der Waals surface area contributed by atoms with Crippen molar-refractivity contribution in [2.75, 3.05) is 6.54 Å². The van der Waals surface area contributed by atoms with Gasteiger partial charge in [-0.2, -0.15) is 0 Å². The van der Waals surface area contributed by atoms with Crippen LogP contribution in [0.25, 0.3) is 0 Å². The van der Waals surface area contributed by atoms with Crippen molar-refractivity contribution in [1.29, 1.82) is 0 Å². The first-order valence-electron chi connectivity index (χ1n) is 7.49. The van der Waals surface area contributed by atoms with E-state index in [2.05, 4.69) is 5.32 Å². The fourth-order valence-corrected chi connectivity index (χ4v) is 2.29. The molecule has 0 fully saturated rings. The Morgan fingerprint density at radius 1 is 1.32 bits per heavy atom. The van der Waals surface area contributed by atoms with E-state index >= 15 is 0 Å². The molecule has 2 aromatic rings. The molecule has 0 aliphatic carbocycles. The monoisotopic (exact) mass is 366 g/mol. The summed E-state index contributed by atoms with van der Waals surface area (Å²) in [6.45, 7) is 1.91. The molecular formula is C17H16ClFN2O4. The molecule has 0 bridgehead atoms. The second-order valence-corrected chi connectivity index (χ2v) is 5.71. The van der Waals surface area contributed by atoms with Crippen LogP contribution in [0, 0.1) is 15.9 Å². The normalized spacial score (nSPS) is 11.6. The smallest absolute Gasteiger partial charge is 0.271 e. The Kier molecular flexibility index (Phi) is 6.30. The van der Waals surface area contributed by atoms with Gasteiger partial charge in [-0.15, -0.1) is 0 Å². The number of nitrogens with zero attached hydrogens (tertiary/aromatic N) is 1. The molecule has 0 unspecified atom stereocenters. The zero-order valence-electron chi connectivity index (χ0n) is 13.4. The first-order valence-corrected chi connectivity index (χ1v) is 7.87. The van der Waals surface area contributed by atoms with Gasteiger partial charge >= 0.3 is 0 Å². The van der Waals surface area contributed by atoms with Gasteiger partial charge in [0.2, 0.25) is 0 Å². The predicted molar refractivity (Wildman–Crippen MR) is 91.3 cm³/mol. The van der Waals surface area contributed by atoms with Crippen molar-refractivity contribution in [3.8, 4) is 5.75 Å². The Bertz CT molecular complexity index is 768. The van der Waals surface area contributed by atoms with Crippen molar-refractivity contribution in [3.05, 3.63) is 69.0 Å². The van der Waals surface area contributed by atoms with Crippen LogP contribution in [0.1, 0.15) is 12.5 Å². The molecule has 0 saturated carbocycles. The number of hydrogen-bond acceptors (Lipinski definition) is 4. The summed E-state index contributed by atoms with van der Waals surface area (Å²) in [6, 6.07) is 9.79. The molecule has 0 heterocycles. The molecule has 0 aliphatic heterocycles. The lowest BCUT2D eigenvalue weighted by Crippen LogP contribution is -2.37. The highest BCUT2D eigenvalue weighted by molar-refractivity contribution is 6.32. The number of halogens is 2. The largest absolute Gasteiger partial charge is 0.479 e. The lowest BCUT2D eigenvalue weighted by molar-refractivity contribution is -0.384. The highest BCUT2D eigenvalue weighted by atomic mass is 35.5. The second-order valence-electron chi connectivity index (χ2n) is 5.30. The molecule has 0 aliphatic rings. The maximum atomic E-state index is 12.8. The number of carbonyl (C=O) groups excluding carboxylic acids is 1. The van der Waals surface area contributed by atoms with Gasteiger partial charge in [0.05, 0.1) is 9.95 Å². The average molecular weight is 367 g/mol. The first kappa shape index (κ1) is 18.7. The third-order valence-electron chi connectivity index (χ3n) is 3.43. The molecule has 0 saturated heterocycles. The quantitative estimate of drug-likeness (QED) is 0.600. The maximum Gasteiger partial charge on any atom is 0.271 e. The maximum absolute atomic E-state index is 12.8. The minimum absolute atomic E-state index is 0.0557. The highest BCUT2D eigenvalue weighted by Gasteiger charge is 2.17. The van der Waals surface area contributed by atoms with Crippen LogP contribution in [0.3, 0.4) is 0 Å². The van der Waals surface area contributed by atoms with E-state index in [0.29, 0.717) is 13.0 Å². The summed E-state index contributed by atoms with van der Waals surface area (Å²) in [7, 11) is 0. The van der Waals surface area contributed by atoms with Gasteiger partial charge in [0, 0.05) is 18.7 Å². The van der Waals surface area contributed by atoms with Crippen LogP contribution >= 0.6 is 11.6 Å². The van der Waals surface area contributed by atoms with Gasteiger partial charge in [0.1, 0.15) is 11.6 Å². The van der Waals surface area contributed by atoms with Crippen LogP contribution in [-0.2, 0) is 11.2 Å². The molecule has 0 radical (unpaired) electrons. The number of carbonyl (C=O) groups is 1. The Morgan fingerprint density at radius 3 is 2.60 bits per heavy atom. The van der Waals surface area contributed by atoms with E-state index in [0.717, 1.165) is 11.6 Å². The van der Waals surface area contributed by atoms with E-state index in [-0.39, 0.29) is 28.2 Å². The van der Waals surface area contributed by atoms with Crippen LogP contribution in [0.5, 0.6) is 5.75 Å². The Morgan fingerprint density at radius 2 is 2.00 bits per heavy atom. The average Bonchev–Trinajstić information content (AvgIpc) is 2.58. The minimum Gasteiger partial charge on any atom is -0.479 e. The van der Waals surface area contributed by atoms with Gasteiger partial charge in [0.25, 0.3) is 11.6 Å². The number of nitrogens with one attached hydrogen (secondary N) is 1. The van der Waals surface area contributed by atoms with Gasteiger partial charge in [0.15, 0.2) is 6.10 Å². The molecule has 132 valence electrons. The number of nitro groups is 1. The first-order chi connectivity index (χ1) is 11.9. The van der Waals surface area contributed by atoms with Gasteiger partial charge < -0.3 is 10.1 Å². The topological polar surface area (TPSA) is 81.5 Å². The third kappa shape index (κ3) is 5.42. The van der Waals surface area contributed by atoms with Crippen molar-refractivity contribution >= 4 is 23.2 Å². The molecule has 1 amide bonds. The summed E-state index contributed by atoms with van der Waals surface area (Å²) < 4.78 is 18.3. The van der Waals surface area contributed by atoms with Crippen molar-refractivity contribution in [2.45, 2.75) is 19.4 Å². The van der Waals surface area contributed by atoms with Gasteiger partial charge in [-0.05, 0) is 37.1 Å². The lowest BCUT2D eigenvalue weighted by atomic mass is 10.1. The summed E-state index contributed by atoms with van der Waals surface area (Å²) in [4.78, 5) is 22.1. The van der Waals surface area contributed by atoms with Crippen LogP contribution in [0.15, 0.2) is 42.5 Å². The van der Waals surface area contributed by atoms with Crippen LogP contribution in [-0.4, -0.2) is 23.5 Å². The third-order valence-corrected chi connectivity index (χ3v) is 3.72. The van der Waals surface area contributed by atoms with E-state index in [1.807, 2.05) is 0 Å². The molecule has 25 heavy (non-hydrogen) atoms. The van der Waals surface area contributed by atoms with E-state index < -0.39 is 11.0 Å². The number of benzene rings is 2. The fourth-order valence-electron chi connectivity index (χ4n) is 2.07. The number of amides is 1. The van der Waals surface area contributed by atoms with Crippen LogP contribution < -0.4 is 10.1 Å². The molecule has 8 heteroatoms. The molecule has 1 atom stereocenters. The standard InChI is InChI=1S/C17H16ClFN2O4/c1-11(25-16-7-6-14(21(23)24)10-15(16)18)17(22)20-9-8-12-2-4-13(19)5-3-12/h2-7,10-11H,8-9H2,1H3,(H,20,22)/t11-/m0/s1. The van der Waals surface area contributed by atoms with E-state index in [1.54, 1.807) is 19.1 Å². The van der Waals surface area contributed by atoms with Crippen molar-refractivity contribution in [2.24, 2.45) is 0 Å². The summed E-state index contributed by atoms with van der Waals surface area (Å²) in [5.41, 5.74) is 0.738. The van der Waals surface area contributed by atoms with E-state index in [4.69, 9.17) is 16.3 Å². The Labute approximate surface area is 148 Å². The lowest BCUT2D eigenvalue weighted by Gasteiger charge is -2.15. The SMILES string of the molecule is C[C@H](Oc1ccc([N+](=O)[O-])cc1Cl)C(=O)NCCc1ccc(F)cc1. The zero-order valence-corrected chi connectivity index (χ0v) is 14.1. The molecule has 0 aromatic heterocycles. The molecular weight excluding hydrogens is 351 g/mol. The molecule has 6 nitrogen and oxygen atoms in total. The van der Waals surface area contributed by atoms with Crippen LogP contribution in [0.2, 0.25) is 5.02 Å². The Hall–Kier alpha value is -2.67. The summed E-state index contributed by atoms with van der Waals surface area (Å²) in [5, 5.41) is 13.4. The fraction of sp³-hybridized carbons (Fsp3) is 0.235. The molecule has 1 N–H and O–H groups in total. The number of nitro benzene ring substituents is 1. The number of ether oxygens (including phenoxy) is 1. The van der Waals surface area contributed by atoms with Crippen molar-refractivity contribution in [1.82, 2.24) is 5.32 Å². The van der Waals surface area contributed by atoms with E-state index in [1.165, 1.54) is 24.3 Å². The second kappa shape index (κ2) is 8.43. The van der Waals surface area contributed by atoms with Crippen molar-refractivity contribution < 1.29 is 18.8 Å². The van der Waals surface area contributed by atoms with Gasteiger partial charge in [-0.3, -0.25) is 14.9 Å². The molecule has 2 rings (SSSR count).